The second-order valence-electron chi connectivity index (χ2n) is 13.1. The van der Waals surface area contributed by atoms with E-state index in [0.29, 0.717) is 19.3 Å². The monoisotopic (exact) mass is 617 g/mol. The van der Waals surface area contributed by atoms with Crippen LogP contribution in [0.2, 0.25) is 0 Å². The number of esters is 1. The number of fused-ring (bicyclic) bond motifs is 6. The number of rotatable bonds is 6. The van der Waals surface area contributed by atoms with Crippen LogP contribution in [-0.2, 0) is 14.3 Å². The lowest BCUT2D eigenvalue weighted by Gasteiger charge is -2.61. The van der Waals surface area contributed by atoms with Gasteiger partial charge in [0, 0.05) is 16.7 Å². The molecule has 3 aromatic rings. The van der Waals surface area contributed by atoms with E-state index >= 15 is 0 Å². The van der Waals surface area contributed by atoms with Gasteiger partial charge >= 0.3 is 5.97 Å². The first-order valence-electron chi connectivity index (χ1n) is 15.0. The van der Waals surface area contributed by atoms with Crippen LogP contribution in [0.15, 0.2) is 75.2 Å². The molecule has 6 unspecified atom stereocenters. The van der Waals surface area contributed by atoms with Gasteiger partial charge in [-0.3, -0.25) is 9.59 Å². The summed E-state index contributed by atoms with van der Waals surface area (Å²) in [5.41, 5.74) is -0.675. The summed E-state index contributed by atoms with van der Waals surface area (Å²) in [6, 6.07) is 11.0. The molecule has 4 aliphatic rings. The number of para-hydroxylation sites is 1. The van der Waals surface area contributed by atoms with E-state index in [1.165, 1.54) is 18.0 Å². The van der Waals surface area contributed by atoms with E-state index in [-0.39, 0.29) is 46.8 Å². The van der Waals surface area contributed by atoms with Crippen molar-refractivity contribution in [3.8, 4) is 0 Å². The Morgan fingerprint density at radius 2 is 2.02 bits per heavy atom. The number of ether oxygens (including phenoxy) is 1. The number of aliphatic hydroxyl groups excluding tert-OH is 1. The Hall–Kier alpha value is -3.01. The highest BCUT2D eigenvalue weighted by molar-refractivity contribution is 8.01. The van der Waals surface area contributed by atoms with Crippen LogP contribution >= 0.6 is 23.1 Å². The summed E-state index contributed by atoms with van der Waals surface area (Å²) in [5.74, 6) is -0.473. The van der Waals surface area contributed by atoms with Crippen LogP contribution in [0.1, 0.15) is 57.0 Å². The third kappa shape index (κ3) is 4.33. The maximum Gasteiger partial charge on any atom is 0.375 e. The normalized spacial score (nSPS) is 36.5. The van der Waals surface area contributed by atoms with Crippen LogP contribution in [0, 0.1) is 34.5 Å². The molecule has 0 bridgehead atoms. The topological polar surface area (TPSA) is 107 Å². The number of carbonyl (C=O) groups excluding carboxylic acids is 3. The van der Waals surface area contributed by atoms with Gasteiger partial charge in [-0.15, -0.1) is 11.3 Å². The molecule has 0 radical (unpaired) electrons. The quantitative estimate of drug-likeness (QED) is 0.241. The van der Waals surface area contributed by atoms with Crippen molar-refractivity contribution in [2.75, 3.05) is 5.75 Å². The summed E-state index contributed by atoms with van der Waals surface area (Å²) in [5, 5.41) is 12.0. The van der Waals surface area contributed by atoms with Crippen molar-refractivity contribution in [3.05, 3.63) is 72.2 Å². The second kappa shape index (κ2) is 10.3. The summed E-state index contributed by atoms with van der Waals surface area (Å²) in [6.45, 7) is 6.34. The van der Waals surface area contributed by atoms with Crippen molar-refractivity contribution in [1.29, 1.82) is 0 Å². The number of hydrogen-bond donors (Lipinski definition) is 1. The van der Waals surface area contributed by atoms with Gasteiger partial charge < -0.3 is 14.3 Å². The van der Waals surface area contributed by atoms with Crippen LogP contribution < -0.4 is 0 Å². The molecule has 0 spiro atoms. The van der Waals surface area contributed by atoms with E-state index in [9.17, 15) is 19.5 Å². The lowest BCUT2D eigenvalue weighted by molar-refractivity contribution is -0.178. The fourth-order valence-corrected chi connectivity index (χ4v) is 11.2. The van der Waals surface area contributed by atoms with Crippen LogP contribution in [-0.4, -0.2) is 45.1 Å². The smallest absolute Gasteiger partial charge is 0.375 e. The minimum atomic E-state index is -1.42. The summed E-state index contributed by atoms with van der Waals surface area (Å²) in [4.78, 5) is 45.0. The standard InChI is InChI=1S/C34H35NO6S2/c1-19-15-21-22-11-13-34(41-30(39)26-8-6-14-40-26,28(38)18-42-31-35-24-7-4-5-9-27(24)43-31)33(22,3)17-25(37)29(21)32(2)12-10-20(36)16-23(19)32/h4-10,12,14,16,19,21-22,25,29,37H,11,13,15,17-18H2,1-3H3/t19-,21?,22?,25?,29?,32?,33?,34-/m0/s1. The van der Waals surface area contributed by atoms with Gasteiger partial charge in [0.05, 0.1) is 28.3 Å². The molecule has 8 atom stereocenters. The molecule has 1 aromatic carbocycles. The third-order valence-corrected chi connectivity index (χ3v) is 13.2. The molecule has 4 aliphatic carbocycles. The number of hydrogen-bond acceptors (Lipinski definition) is 9. The number of thiazole rings is 1. The number of ketones is 2. The number of benzene rings is 1. The van der Waals surface area contributed by atoms with E-state index < -0.39 is 28.5 Å². The first-order chi connectivity index (χ1) is 20.6. The Labute approximate surface area is 258 Å². The highest BCUT2D eigenvalue weighted by atomic mass is 32.2. The highest BCUT2D eigenvalue weighted by Gasteiger charge is 2.70. The van der Waals surface area contributed by atoms with Crippen LogP contribution in [0.4, 0.5) is 0 Å². The number of carbonyl (C=O) groups is 3. The Kier molecular flexibility index (Phi) is 6.87. The molecular weight excluding hydrogens is 583 g/mol. The van der Waals surface area contributed by atoms with Gasteiger partial charge in [-0.1, -0.05) is 56.3 Å². The number of nitrogens with zero attached hydrogens (tertiary/aromatic N) is 1. The van der Waals surface area contributed by atoms with Crippen molar-refractivity contribution in [1.82, 2.24) is 4.98 Å². The first kappa shape index (κ1) is 28.7. The van der Waals surface area contributed by atoms with Gasteiger partial charge in [-0.25, -0.2) is 9.78 Å². The minimum Gasteiger partial charge on any atom is -0.457 e. The lowest BCUT2D eigenvalue weighted by atomic mass is 9.44. The Balaban J connectivity index is 1.24. The van der Waals surface area contributed by atoms with E-state index in [1.807, 2.05) is 37.3 Å². The number of aromatic nitrogens is 1. The van der Waals surface area contributed by atoms with Gasteiger partial charge in [0.1, 0.15) is 0 Å². The maximum atomic E-state index is 14.5. The van der Waals surface area contributed by atoms with E-state index in [4.69, 9.17) is 14.1 Å². The Morgan fingerprint density at radius 3 is 2.79 bits per heavy atom. The summed E-state index contributed by atoms with van der Waals surface area (Å²) in [7, 11) is 0. The van der Waals surface area contributed by atoms with Crippen molar-refractivity contribution < 1.29 is 28.6 Å². The molecule has 9 heteroatoms. The maximum absolute atomic E-state index is 14.5. The van der Waals surface area contributed by atoms with Crippen molar-refractivity contribution in [2.45, 2.75) is 62.5 Å². The zero-order chi connectivity index (χ0) is 30.1. The van der Waals surface area contributed by atoms with Crippen LogP contribution in [0.3, 0.4) is 0 Å². The van der Waals surface area contributed by atoms with Gasteiger partial charge in [0.15, 0.2) is 21.5 Å². The summed E-state index contributed by atoms with van der Waals surface area (Å²) >= 11 is 2.91. The molecule has 3 fully saturated rings. The van der Waals surface area contributed by atoms with E-state index in [0.717, 1.165) is 26.6 Å². The average Bonchev–Trinajstić information content (AvgIpc) is 3.71. The number of allylic oxidation sites excluding steroid dienone is 4. The van der Waals surface area contributed by atoms with E-state index in [1.54, 1.807) is 35.6 Å². The van der Waals surface area contributed by atoms with E-state index in [2.05, 4.69) is 13.8 Å². The Morgan fingerprint density at radius 1 is 1.21 bits per heavy atom. The SMILES string of the molecule is C[C@H]1CC2C(C(O)CC3(C)C2CC[C@]3(OC(=O)c2ccco2)C(=O)CSc2nc3ccccc3s2)C2(C)C=CC(=O)C=C12. The lowest BCUT2D eigenvalue weighted by Crippen LogP contribution is -2.63. The summed E-state index contributed by atoms with van der Waals surface area (Å²) in [6.07, 6.45) is 8.27. The Bertz CT molecular complexity index is 1640. The molecule has 1 N–H and O–H groups in total. The molecule has 2 aromatic heterocycles. The predicted molar refractivity (Wildman–Crippen MR) is 165 cm³/mol. The first-order valence-corrected chi connectivity index (χ1v) is 16.8. The number of furan rings is 1. The van der Waals surface area contributed by atoms with Gasteiger partial charge in [-0.05, 0) is 79.9 Å². The van der Waals surface area contributed by atoms with Crippen molar-refractivity contribution >= 4 is 50.9 Å². The number of Topliss-reactive ketones (excluding diaryl/α,β-unsaturated/α-hetero) is 1. The fraction of sp³-hybridized carbons (Fsp3) is 0.471. The highest BCUT2D eigenvalue weighted by Crippen LogP contribution is 2.68. The average molecular weight is 618 g/mol. The van der Waals surface area contributed by atoms with Crippen LogP contribution in [0.25, 0.3) is 10.2 Å². The van der Waals surface area contributed by atoms with Gasteiger partial charge in [-0.2, -0.15) is 0 Å². The molecular formula is C34H35NO6S2. The zero-order valence-electron chi connectivity index (χ0n) is 24.4. The second-order valence-corrected chi connectivity index (χ2v) is 15.4. The van der Waals surface area contributed by atoms with Crippen LogP contribution in [0.5, 0.6) is 0 Å². The zero-order valence-corrected chi connectivity index (χ0v) is 26.1. The third-order valence-electron chi connectivity index (χ3n) is 11.0. The molecule has 7 nitrogen and oxygen atoms in total. The molecule has 0 saturated heterocycles. The minimum absolute atomic E-state index is 0.00569. The molecule has 2 heterocycles. The van der Waals surface area contributed by atoms with Crippen molar-refractivity contribution in [3.63, 3.8) is 0 Å². The molecule has 3 saturated carbocycles. The molecule has 43 heavy (non-hydrogen) atoms. The molecule has 7 rings (SSSR count). The molecule has 0 aliphatic heterocycles. The number of aliphatic hydroxyl groups is 1. The molecule has 0 amide bonds. The molecule has 224 valence electrons. The summed E-state index contributed by atoms with van der Waals surface area (Å²) < 4.78 is 13.5. The van der Waals surface area contributed by atoms with Gasteiger partial charge in [0.2, 0.25) is 5.76 Å². The largest absolute Gasteiger partial charge is 0.457 e. The van der Waals surface area contributed by atoms with Crippen molar-refractivity contribution in [2.24, 2.45) is 34.5 Å². The fourth-order valence-electron chi connectivity index (χ4n) is 9.18. The number of thioether (sulfide) groups is 1. The van der Waals surface area contributed by atoms with Gasteiger partial charge in [0.25, 0.3) is 0 Å². The predicted octanol–water partition coefficient (Wildman–Crippen LogP) is 6.67.